The first-order valence-corrected chi connectivity index (χ1v) is 12.2. The van der Waals surface area contributed by atoms with Crippen molar-refractivity contribution in [1.82, 2.24) is 4.90 Å². The fourth-order valence-electron chi connectivity index (χ4n) is 5.29. The number of methoxy groups -OCH3 is 1. The van der Waals surface area contributed by atoms with Crippen molar-refractivity contribution in [3.63, 3.8) is 0 Å². The van der Waals surface area contributed by atoms with E-state index in [1.807, 2.05) is 25.1 Å². The van der Waals surface area contributed by atoms with E-state index < -0.39 is 11.5 Å². The van der Waals surface area contributed by atoms with Gasteiger partial charge in [0.25, 0.3) is 5.91 Å². The molecule has 176 valence electrons. The molecule has 6 heteroatoms. The Kier molecular flexibility index (Phi) is 6.80. The highest BCUT2D eigenvalue weighted by Gasteiger charge is 2.49. The molecule has 1 N–H and O–H groups in total. The number of carbonyl (C=O) groups excluding carboxylic acids is 2. The molecule has 1 heterocycles. The SMILES string of the molecule is COc1ccc([C@@H]2CN(C(=O)C(=O)C3CCCCC3)C[C@@]2(C)[C@@H](C)O)cc1OCC1CC1. The number of ether oxygens (including phenoxy) is 2. The lowest BCUT2D eigenvalue weighted by atomic mass is 9.72. The van der Waals surface area contributed by atoms with Gasteiger partial charge in [0.2, 0.25) is 5.78 Å². The van der Waals surface area contributed by atoms with Crippen LogP contribution in [-0.4, -0.2) is 54.6 Å². The van der Waals surface area contributed by atoms with E-state index in [0.717, 1.165) is 37.7 Å². The molecule has 0 spiro atoms. The number of Topliss-reactive ketones (excluding diaryl/α,β-unsaturated/α-hetero) is 1. The minimum Gasteiger partial charge on any atom is -0.493 e. The number of hydrogen-bond acceptors (Lipinski definition) is 5. The molecule has 1 saturated heterocycles. The molecule has 3 fully saturated rings. The predicted molar refractivity (Wildman–Crippen MR) is 122 cm³/mol. The summed E-state index contributed by atoms with van der Waals surface area (Å²) in [7, 11) is 1.63. The van der Waals surface area contributed by atoms with Crippen LogP contribution in [0.2, 0.25) is 0 Å². The van der Waals surface area contributed by atoms with E-state index in [9.17, 15) is 14.7 Å². The zero-order chi connectivity index (χ0) is 22.9. The number of aliphatic hydroxyl groups excluding tert-OH is 1. The molecule has 0 radical (unpaired) electrons. The third-order valence-electron chi connectivity index (χ3n) is 7.92. The van der Waals surface area contributed by atoms with Crippen LogP contribution in [0.25, 0.3) is 0 Å². The second-order valence-corrected chi connectivity index (χ2v) is 10.3. The van der Waals surface area contributed by atoms with Crippen molar-refractivity contribution < 1.29 is 24.2 Å². The molecule has 3 aliphatic rings. The second-order valence-electron chi connectivity index (χ2n) is 10.3. The van der Waals surface area contributed by atoms with Gasteiger partial charge < -0.3 is 19.5 Å². The number of aliphatic hydroxyl groups is 1. The zero-order valence-electron chi connectivity index (χ0n) is 19.6. The van der Waals surface area contributed by atoms with Crippen LogP contribution in [0.5, 0.6) is 11.5 Å². The van der Waals surface area contributed by atoms with Crippen molar-refractivity contribution in [3.05, 3.63) is 23.8 Å². The molecule has 0 unspecified atom stereocenters. The molecule has 3 atom stereocenters. The van der Waals surface area contributed by atoms with E-state index in [0.29, 0.717) is 37.1 Å². The molecule has 1 aromatic rings. The smallest absolute Gasteiger partial charge is 0.290 e. The number of carbonyl (C=O) groups is 2. The molecule has 6 nitrogen and oxygen atoms in total. The molecule has 1 aliphatic heterocycles. The fraction of sp³-hybridized carbons (Fsp3) is 0.692. The van der Waals surface area contributed by atoms with Crippen LogP contribution >= 0.6 is 0 Å². The number of hydrogen-bond donors (Lipinski definition) is 1. The van der Waals surface area contributed by atoms with Crippen molar-refractivity contribution in [1.29, 1.82) is 0 Å². The monoisotopic (exact) mass is 443 g/mol. The standard InChI is InChI=1S/C26H37NO5/c1-17(28)26(2)16-27(25(30)24(29)19-7-5-4-6-8-19)14-21(26)20-11-12-22(31-3)23(13-20)32-15-18-9-10-18/h11-13,17-19,21,28H,4-10,14-16H2,1-3H3/t17-,21+,26+/m1/s1. The molecule has 32 heavy (non-hydrogen) atoms. The Hall–Kier alpha value is -2.08. The third-order valence-corrected chi connectivity index (χ3v) is 7.92. The van der Waals surface area contributed by atoms with Gasteiger partial charge >= 0.3 is 0 Å². The molecule has 0 aromatic heterocycles. The molecule has 4 rings (SSSR count). The summed E-state index contributed by atoms with van der Waals surface area (Å²) in [6.45, 7) is 5.26. The van der Waals surface area contributed by atoms with Crippen LogP contribution < -0.4 is 9.47 Å². The first kappa shape index (κ1) is 23.1. The topological polar surface area (TPSA) is 76.1 Å². The summed E-state index contributed by atoms with van der Waals surface area (Å²) in [6.07, 6.45) is 6.60. The first-order chi connectivity index (χ1) is 15.3. The summed E-state index contributed by atoms with van der Waals surface area (Å²) < 4.78 is 11.5. The minimum atomic E-state index is -0.631. The maximum Gasteiger partial charge on any atom is 0.290 e. The van der Waals surface area contributed by atoms with Gasteiger partial charge in [-0.2, -0.15) is 0 Å². The van der Waals surface area contributed by atoms with Crippen LogP contribution in [0, 0.1) is 17.3 Å². The fourth-order valence-corrected chi connectivity index (χ4v) is 5.29. The average molecular weight is 444 g/mol. The largest absolute Gasteiger partial charge is 0.493 e. The van der Waals surface area contributed by atoms with Crippen LogP contribution in [0.4, 0.5) is 0 Å². The van der Waals surface area contributed by atoms with Crippen molar-refractivity contribution in [2.24, 2.45) is 17.3 Å². The van der Waals surface area contributed by atoms with Gasteiger partial charge in [-0.15, -0.1) is 0 Å². The molecule has 2 aliphatic carbocycles. The molecule has 0 bridgehead atoms. The summed E-state index contributed by atoms with van der Waals surface area (Å²) in [5.41, 5.74) is 0.450. The first-order valence-electron chi connectivity index (χ1n) is 12.2. The summed E-state index contributed by atoms with van der Waals surface area (Å²) in [6, 6.07) is 5.88. The maximum atomic E-state index is 13.1. The van der Waals surface area contributed by atoms with Gasteiger partial charge in [0.1, 0.15) is 0 Å². The van der Waals surface area contributed by atoms with Gasteiger partial charge in [-0.3, -0.25) is 9.59 Å². The van der Waals surface area contributed by atoms with Crippen molar-refractivity contribution in [3.8, 4) is 11.5 Å². The van der Waals surface area contributed by atoms with Gasteiger partial charge in [0.15, 0.2) is 11.5 Å². The number of rotatable bonds is 8. The Morgan fingerprint density at radius 1 is 1.16 bits per heavy atom. The number of amides is 1. The Bertz CT molecular complexity index is 843. The van der Waals surface area contributed by atoms with Crippen LogP contribution in [0.15, 0.2) is 18.2 Å². The molecular formula is C26H37NO5. The van der Waals surface area contributed by atoms with Crippen LogP contribution in [0.1, 0.15) is 70.3 Å². The van der Waals surface area contributed by atoms with Crippen molar-refractivity contribution in [2.45, 2.75) is 70.8 Å². The van der Waals surface area contributed by atoms with E-state index in [2.05, 4.69) is 0 Å². The lowest BCUT2D eigenvalue weighted by molar-refractivity contribution is -0.147. The molecule has 2 saturated carbocycles. The molecule has 1 aromatic carbocycles. The Morgan fingerprint density at radius 2 is 1.88 bits per heavy atom. The molecule has 1 amide bonds. The summed E-state index contributed by atoms with van der Waals surface area (Å²) in [5.74, 6) is 1.14. The number of nitrogens with zero attached hydrogens (tertiary/aromatic N) is 1. The van der Waals surface area contributed by atoms with E-state index in [1.54, 1.807) is 18.9 Å². The number of ketones is 1. The van der Waals surface area contributed by atoms with Crippen molar-refractivity contribution >= 4 is 11.7 Å². The molecular weight excluding hydrogens is 406 g/mol. The van der Waals surface area contributed by atoms with Gasteiger partial charge in [-0.05, 0) is 56.2 Å². The van der Waals surface area contributed by atoms with Gasteiger partial charge in [0, 0.05) is 30.3 Å². The van der Waals surface area contributed by atoms with Crippen LogP contribution in [0.3, 0.4) is 0 Å². The highest BCUT2D eigenvalue weighted by atomic mass is 16.5. The Balaban J connectivity index is 1.56. The number of benzene rings is 1. The summed E-state index contributed by atoms with van der Waals surface area (Å²) in [5, 5.41) is 10.7. The minimum absolute atomic E-state index is 0.0974. The zero-order valence-corrected chi connectivity index (χ0v) is 19.6. The average Bonchev–Trinajstić information content (AvgIpc) is 3.57. The lowest BCUT2D eigenvalue weighted by Gasteiger charge is -2.34. The van der Waals surface area contributed by atoms with E-state index in [1.165, 1.54) is 12.8 Å². The third kappa shape index (κ3) is 4.66. The van der Waals surface area contributed by atoms with Gasteiger partial charge in [-0.25, -0.2) is 0 Å². The van der Waals surface area contributed by atoms with Crippen LogP contribution in [-0.2, 0) is 9.59 Å². The van der Waals surface area contributed by atoms with Crippen molar-refractivity contribution in [2.75, 3.05) is 26.8 Å². The van der Waals surface area contributed by atoms with E-state index in [-0.39, 0.29) is 23.5 Å². The van der Waals surface area contributed by atoms with Gasteiger partial charge in [0.05, 0.1) is 19.8 Å². The normalized spacial score (nSPS) is 27.2. The summed E-state index contributed by atoms with van der Waals surface area (Å²) >= 11 is 0. The predicted octanol–water partition coefficient (Wildman–Crippen LogP) is 3.95. The highest BCUT2D eigenvalue weighted by molar-refractivity contribution is 6.36. The number of likely N-dealkylation sites (tertiary alicyclic amines) is 1. The summed E-state index contributed by atoms with van der Waals surface area (Å²) in [4.78, 5) is 27.7. The van der Waals surface area contributed by atoms with E-state index >= 15 is 0 Å². The Morgan fingerprint density at radius 3 is 2.50 bits per heavy atom. The maximum absolute atomic E-state index is 13.1. The lowest BCUT2D eigenvalue weighted by Crippen LogP contribution is -2.41. The van der Waals surface area contributed by atoms with E-state index in [4.69, 9.17) is 9.47 Å². The Labute approximate surface area is 191 Å². The quantitative estimate of drug-likeness (QED) is 0.616. The highest BCUT2D eigenvalue weighted by Crippen LogP contribution is 2.47. The van der Waals surface area contributed by atoms with Gasteiger partial charge in [-0.1, -0.05) is 32.3 Å². The second kappa shape index (κ2) is 9.42.